The Morgan fingerprint density at radius 1 is 1.33 bits per heavy atom. The minimum atomic E-state index is -1.27. The van der Waals surface area contributed by atoms with Gasteiger partial charge in [-0.3, -0.25) is 9.05 Å². The predicted octanol–water partition coefficient (Wildman–Crippen LogP) is 2.21. The summed E-state index contributed by atoms with van der Waals surface area (Å²) < 4.78 is 13.0. The Bertz CT molecular complexity index is 95.6. The van der Waals surface area contributed by atoms with E-state index in [1.54, 1.807) is 0 Å². The molecule has 0 atom stereocenters. The van der Waals surface area contributed by atoms with Crippen molar-refractivity contribution in [3.05, 3.63) is 11.2 Å². The van der Waals surface area contributed by atoms with E-state index in [1.165, 1.54) is 0 Å². The normalized spacial score (nSPS) is 9.56. The highest BCUT2D eigenvalue weighted by Crippen LogP contribution is 2.39. The molecule has 0 radical (unpaired) electrons. The van der Waals surface area contributed by atoms with Gasteiger partial charge in [0.2, 0.25) is 0 Å². The molecular formula is C5H10NO2P. The van der Waals surface area contributed by atoms with E-state index in [-0.39, 0.29) is 0 Å². The van der Waals surface area contributed by atoms with E-state index in [0.717, 1.165) is 0 Å². The molecule has 0 aliphatic carbocycles. The van der Waals surface area contributed by atoms with Crippen LogP contribution < -0.4 is 0 Å². The summed E-state index contributed by atoms with van der Waals surface area (Å²) in [6, 6.07) is 0. The van der Waals surface area contributed by atoms with Gasteiger partial charge in [0, 0.05) is 0 Å². The monoisotopic (exact) mass is 147 g/mol. The SMILES string of the molecule is [C-]#[N+]P(OCC)OCC. The van der Waals surface area contributed by atoms with Gasteiger partial charge in [-0.2, -0.15) is 0 Å². The van der Waals surface area contributed by atoms with Crippen molar-refractivity contribution < 1.29 is 9.05 Å². The second kappa shape index (κ2) is 5.97. The van der Waals surface area contributed by atoms with Crippen molar-refractivity contribution >= 4 is 8.53 Å². The van der Waals surface area contributed by atoms with Gasteiger partial charge in [0.15, 0.2) is 0 Å². The van der Waals surface area contributed by atoms with Gasteiger partial charge in [-0.05, 0) is 13.8 Å². The van der Waals surface area contributed by atoms with Gasteiger partial charge in [0.25, 0.3) is 0 Å². The lowest BCUT2D eigenvalue weighted by Crippen LogP contribution is -1.85. The van der Waals surface area contributed by atoms with Crippen LogP contribution in [0.25, 0.3) is 4.62 Å². The van der Waals surface area contributed by atoms with Crippen LogP contribution in [0.4, 0.5) is 0 Å². The fourth-order valence-electron chi connectivity index (χ4n) is 0.316. The molecule has 0 saturated heterocycles. The second-order valence-corrected chi connectivity index (χ2v) is 2.37. The Hall–Kier alpha value is -0.160. The first-order valence-corrected chi connectivity index (χ1v) is 3.91. The van der Waals surface area contributed by atoms with Gasteiger partial charge >= 0.3 is 8.53 Å². The van der Waals surface area contributed by atoms with E-state index in [0.29, 0.717) is 13.2 Å². The van der Waals surface area contributed by atoms with Crippen molar-refractivity contribution in [3.63, 3.8) is 0 Å². The lowest BCUT2D eigenvalue weighted by Gasteiger charge is -1.97. The molecule has 0 rings (SSSR count). The maximum Gasteiger partial charge on any atom is 0.596 e. The topological polar surface area (TPSA) is 22.8 Å². The van der Waals surface area contributed by atoms with Gasteiger partial charge in [-0.15, -0.1) is 0 Å². The van der Waals surface area contributed by atoms with Crippen molar-refractivity contribution in [2.45, 2.75) is 13.8 Å². The first-order valence-electron chi connectivity index (χ1n) is 2.78. The molecular weight excluding hydrogens is 137 g/mol. The van der Waals surface area contributed by atoms with Crippen LogP contribution in [0.1, 0.15) is 13.8 Å². The summed E-state index contributed by atoms with van der Waals surface area (Å²) >= 11 is 0. The number of hydrogen-bond donors (Lipinski definition) is 0. The zero-order valence-corrected chi connectivity index (χ0v) is 6.52. The maximum atomic E-state index is 6.57. The lowest BCUT2D eigenvalue weighted by molar-refractivity contribution is 0.276. The second-order valence-electron chi connectivity index (χ2n) is 1.17. The molecule has 0 bridgehead atoms. The molecule has 0 N–H and O–H groups in total. The molecule has 0 aliphatic heterocycles. The Labute approximate surface area is 56.8 Å². The van der Waals surface area contributed by atoms with Crippen LogP contribution in [0.15, 0.2) is 0 Å². The minimum Gasteiger partial charge on any atom is -0.269 e. The van der Waals surface area contributed by atoms with Crippen LogP contribution in [0, 0.1) is 6.57 Å². The quantitative estimate of drug-likeness (QED) is 0.449. The van der Waals surface area contributed by atoms with E-state index < -0.39 is 8.53 Å². The van der Waals surface area contributed by atoms with E-state index in [2.05, 4.69) is 4.62 Å². The maximum absolute atomic E-state index is 6.57. The molecule has 0 aromatic carbocycles. The predicted molar refractivity (Wildman–Crippen MR) is 36.8 cm³/mol. The fraction of sp³-hybridized carbons (Fsp3) is 0.800. The molecule has 0 aromatic rings. The van der Waals surface area contributed by atoms with Crippen molar-refractivity contribution in [1.29, 1.82) is 0 Å². The summed E-state index contributed by atoms with van der Waals surface area (Å²) in [5.74, 6) is 0. The van der Waals surface area contributed by atoms with E-state index >= 15 is 0 Å². The first kappa shape index (κ1) is 8.84. The fourth-order valence-corrected chi connectivity index (χ4v) is 0.948. The molecule has 0 fully saturated rings. The third-order valence-corrected chi connectivity index (χ3v) is 1.68. The third kappa shape index (κ3) is 4.35. The molecule has 9 heavy (non-hydrogen) atoms. The molecule has 0 aromatic heterocycles. The summed E-state index contributed by atoms with van der Waals surface area (Å²) in [4.78, 5) is 0. The largest absolute Gasteiger partial charge is 0.596 e. The van der Waals surface area contributed by atoms with E-state index in [1.807, 2.05) is 13.8 Å². The lowest BCUT2D eigenvalue weighted by atomic mass is 10.9. The van der Waals surface area contributed by atoms with Crippen LogP contribution in [-0.2, 0) is 9.05 Å². The van der Waals surface area contributed by atoms with Crippen LogP contribution in [0.3, 0.4) is 0 Å². The van der Waals surface area contributed by atoms with Crippen molar-refractivity contribution in [2.75, 3.05) is 13.2 Å². The Kier molecular flexibility index (Phi) is 5.86. The molecule has 3 nitrogen and oxygen atoms in total. The molecule has 0 spiro atoms. The highest BCUT2D eigenvalue weighted by atomic mass is 31.2. The van der Waals surface area contributed by atoms with Crippen LogP contribution in [-0.4, -0.2) is 13.2 Å². The number of hydrogen-bond acceptors (Lipinski definition) is 2. The third-order valence-electron chi connectivity index (χ3n) is 0.561. The summed E-state index contributed by atoms with van der Waals surface area (Å²) in [6.45, 7) is 11.4. The van der Waals surface area contributed by atoms with Gasteiger partial charge in [-0.25, -0.2) is 11.2 Å². The molecule has 0 heterocycles. The summed E-state index contributed by atoms with van der Waals surface area (Å²) in [6.07, 6.45) is 0. The molecule has 52 valence electrons. The molecule has 0 unspecified atom stereocenters. The van der Waals surface area contributed by atoms with Crippen LogP contribution >= 0.6 is 8.53 Å². The standard InChI is InChI=1S/C5H10NO2P/c1-4-7-9(6-3)8-5-2/h4-5H2,1-2H3. The highest BCUT2D eigenvalue weighted by Gasteiger charge is 2.15. The number of nitrogens with zero attached hydrogens (tertiary/aromatic N) is 1. The Morgan fingerprint density at radius 3 is 2.00 bits per heavy atom. The van der Waals surface area contributed by atoms with Crippen molar-refractivity contribution in [2.24, 2.45) is 0 Å². The molecule has 0 aliphatic rings. The zero-order valence-electron chi connectivity index (χ0n) is 5.63. The van der Waals surface area contributed by atoms with Crippen molar-refractivity contribution in [1.82, 2.24) is 0 Å². The van der Waals surface area contributed by atoms with Crippen LogP contribution in [0.5, 0.6) is 0 Å². The summed E-state index contributed by atoms with van der Waals surface area (Å²) in [7, 11) is -1.27. The van der Waals surface area contributed by atoms with Crippen molar-refractivity contribution in [3.8, 4) is 0 Å². The molecule has 0 amide bonds. The Morgan fingerprint density at radius 2 is 1.78 bits per heavy atom. The zero-order chi connectivity index (χ0) is 7.11. The first-order chi connectivity index (χ1) is 4.35. The Balaban J connectivity index is 3.32. The minimum absolute atomic E-state index is 0.550. The van der Waals surface area contributed by atoms with Gasteiger partial charge in [-0.1, -0.05) is 0 Å². The average Bonchev–Trinajstić information content (AvgIpc) is 1.88. The summed E-state index contributed by atoms with van der Waals surface area (Å²) in [5.41, 5.74) is 0. The van der Waals surface area contributed by atoms with Gasteiger partial charge in [0.05, 0.1) is 13.2 Å². The van der Waals surface area contributed by atoms with Crippen LogP contribution in [0.2, 0.25) is 0 Å². The smallest absolute Gasteiger partial charge is 0.269 e. The number of rotatable bonds is 4. The van der Waals surface area contributed by atoms with E-state index in [4.69, 9.17) is 15.6 Å². The van der Waals surface area contributed by atoms with Gasteiger partial charge in [0.1, 0.15) is 0 Å². The van der Waals surface area contributed by atoms with E-state index in [9.17, 15) is 0 Å². The van der Waals surface area contributed by atoms with Gasteiger partial charge < -0.3 is 0 Å². The molecule has 4 heteroatoms. The molecule has 0 saturated carbocycles. The summed E-state index contributed by atoms with van der Waals surface area (Å²) in [5, 5.41) is 0. The average molecular weight is 147 g/mol. The highest BCUT2D eigenvalue weighted by molar-refractivity contribution is 7.49.